The van der Waals surface area contributed by atoms with Gasteiger partial charge in [-0.2, -0.15) is 0 Å². The fourth-order valence-corrected chi connectivity index (χ4v) is 4.17. The van der Waals surface area contributed by atoms with E-state index in [4.69, 9.17) is 4.74 Å². The molecule has 11 heteroatoms. The van der Waals surface area contributed by atoms with Gasteiger partial charge in [0.05, 0.1) is 16.4 Å². The van der Waals surface area contributed by atoms with Gasteiger partial charge in [0.25, 0.3) is 0 Å². The molecular weight excluding hydrogens is 478 g/mol. The summed E-state index contributed by atoms with van der Waals surface area (Å²) in [6.07, 6.45) is 1.63. The molecule has 1 aliphatic heterocycles. The van der Waals surface area contributed by atoms with Crippen molar-refractivity contribution < 1.29 is 19.4 Å². The standard InChI is InChI=1S/C26H27N5O6/c32-26(28-21-7-9-23(10-8-21)37-22-4-2-1-3-5-22)18-29-14-12-20(13-15-29)27-17-19-6-11-24(30(33)34)25(16-19)31(35)36/h1-11,16,20,27H,12-15,17-18H2,(H,28,32). The zero-order valence-electron chi connectivity index (χ0n) is 20.0. The summed E-state index contributed by atoms with van der Waals surface area (Å²) in [5.74, 6) is 1.33. The molecule has 1 amide bonds. The molecule has 3 aromatic carbocycles. The van der Waals surface area contributed by atoms with Crippen LogP contribution in [0.25, 0.3) is 0 Å². The van der Waals surface area contributed by atoms with E-state index in [2.05, 4.69) is 15.5 Å². The Morgan fingerprint density at radius 1 is 0.892 bits per heavy atom. The zero-order valence-corrected chi connectivity index (χ0v) is 20.0. The van der Waals surface area contributed by atoms with Crippen LogP contribution in [-0.2, 0) is 11.3 Å². The third kappa shape index (κ3) is 7.32. The first-order valence-electron chi connectivity index (χ1n) is 11.9. The predicted octanol–water partition coefficient (Wildman–Crippen LogP) is 4.49. The third-order valence-corrected chi connectivity index (χ3v) is 6.10. The molecule has 0 bridgehead atoms. The summed E-state index contributed by atoms with van der Waals surface area (Å²) < 4.78 is 5.77. The van der Waals surface area contributed by atoms with Crippen LogP contribution in [0.3, 0.4) is 0 Å². The van der Waals surface area contributed by atoms with Gasteiger partial charge in [0.15, 0.2) is 0 Å². The molecular formula is C26H27N5O6. The van der Waals surface area contributed by atoms with Crippen molar-refractivity contribution in [3.63, 3.8) is 0 Å². The first kappa shape index (κ1) is 25.7. The molecule has 37 heavy (non-hydrogen) atoms. The summed E-state index contributed by atoms with van der Waals surface area (Å²) in [5.41, 5.74) is 0.277. The number of hydrogen-bond acceptors (Lipinski definition) is 8. The van der Waals surface area contributed by atoms with Crippen molar-refractivity contribution in [1.82, 2.24) is 10.2 Å². The lowest BCUT2D eigenvalue weighted by molar-refractivity contribution is -0.422. The normalized spacial score (nSPS) is 14.2. The lowest BCUT2D eigenvalue weighted by Crippen LogP contribution is -2.44. The molecule has 1 heterocycles. The van der Waals surface area contributed by atoms with Gasteiger partial charge in [-0.3, -0.25) is 29.9 Å². The van der Waals surface area contributed by atoms with Crippen molar-refractivity contribution in [2.24, 2.45) is 0 Å². The van der Waals surface area contributed by atoms with E-state index in [0.717, 1.165) is 31.7 Å². The van der Waals surface area contributed by atoms with Crippen molar-refractivity contribution in [3.8, 4) is 11.5 Å². The molecule has 0 radical (unpaired) electrons. The molecule has 0 aliphatic carbocycles. The van der Waals surface area contributed by atoms with E-state index in [0.29, 0.717) is 23.5 Å². The second-order valence-corrected chi connectivity index (χ2v) is 8.76. The van der Waals surface area contributed by atoms with Gasteiger partial charge in [0, 0.05) is 43.5 Å². The number of para-hydroxylation sites is 1. The number of ether oxygens (including phenoxy) is 1. The SMILES string of the molecule is O=C(CN1CCC(NCc2ccc([N+](=O)[O-])c([N+](=O)[O-])c2)CC1)Nc1ccc(Oc2ccccc2)cc1. The van der Waals surface area contributed by atoms with Crippen LogP contribution >= 0.6 is 0 Å². The highest BCUT2D eigenvalue weighted by atomic mass is 16.6. The van der Waals surface area contributed by atoms with Crippen LogP contribution in [0.2, 0.25) is 0 Å². The van der Waals surface area contributed by atoms with Crippen molar-refractivity contribution in [1.29, 1.82) is 0 Å². The number of nitro benzene ring substituents is 2. The van der Waals surface area contributed by atoms with Crippen molar-refractivity contribution in [2.45, 2.75) is 25.4 Å². The van der Waals surface area contributed by atoms with Crippen LogP contribution in [0.1, 0.15) is 18.4 Å². The molecule has 0 unspecified atom stereocenters. The number of nitrogens with one attached hydrogen (secondary N) is 2. The molecule has 1 fully saturated rings. The van der Waals surface area contributed by atoms with Crippen LogP contribution in [0.15, 0.2) is 72.8 Å². The summed E-state index contributed by atoms with van der Waals surface area (Å²) in [4.78, 5) is 35.2. The summed E-state index contributed by atoms with van der Waals surface area (Å²) in [6, 6.07) is 20.8. The minimum Gasteiger partial charge on any atom is -0.457 e. The molecule has 2 N–H and O–H groups in total. The largest absolute Gasteiger partial charge is 0.457 e. The molecule has 192 valence electrons. The monoisotopic (exact) mass is 505 g/mol. The van der Waals surface area contributed by atoms with Crippen molar-refractivity contribution >= 4 is 23.0 Å². The first-order chi connectivity index (χ1) is 17.9. The van der Waals surface area contributed by atoms with Crippen LogP contribution in [-0.4, -0.2) is 46.3 Å². The number of benzene rings is 3. The Morgan fingerprint density at radius 2 is 1.54 bits per heavy atom. The van der Waals surface area contributed by atoms with Crippen LogP contribution in [0.5, 0.6) is 11.5 Å². The summed E-state index contributed by atoms with van der Waals surface area (Å²) in [6.45, 7) is 2.11. The molecule has 0 saturated carbocycles. The topological polar surface area (TPSA) is 140 Å². The summed E-state index contributed by atoms with van der Waals surface area (Å²) in [5, 5.41) is 28.4. The number of nitrogens with zero attached hydrogens (tertiary/aromatic N) is 3. The van der Waals surface area contributed by atoms with Gasteiger partial charge in [-0.25, -0.2) is 0 Å². The molecule has 0 atom stereocenters. The Morgan fingerprint density at radius 3 is 2.19 bits per heavy atom. The highest BCUT2D eigenvalue weighted by Crippen LogP contribution is 2.27. The minimum atomic E-state index is -0.753. The number of piperidine rings is 1. The Labute approximate surface area is 213 Å². The Balaban J connectivity index is 1.19. The first-order valence-corrected chi connectivity index (χ1v) is 11.9. The molecule has 1 aliphatic rings. The number of amides is 1. The van der Waals surface area contributed by atoms with Crippen LogP contribution < -0.4 is 15.4 Å². The molecule has 4 rings (SSSR count). The van der Waals surface area contributed by atoms with Crippen molar-refractivity contribution in [2.75, 3.05) is 25.0 Å². The van der Waals surface area contributed by atoms with Gasteiger partial charge in [-0.05, 0) is 54.8 Å². The minimum absolute atomic E-state index is 0.0960. The second kappa shape index (κ2) is 12.1. The molecule has 3 aromatic rings. The average Bonchev–Trinajstić information content (AvgIpc) is 2.89. The number of carbonyl (C=O) groups excluding carboxylic acids is 1. The van der Waals surface area contributed by atoms with Gasteiger partial charge < -0.3 is 15.4 Å². The van der Waals surface area contributed by atoms with Gasteiger partial charge in [-0.15, -0.1) is 0 Å². The van der Waals surface area contributed by atoms with E-state index in [1.807, 2.05) is 30.3 Å². The van der Waals surface area contributed by atoms with Gasteiger partial charge in [0.1, 0.15) is 11.5 Å². The van der Waals surface area contributed by atoms with Gasteiger partial charge in [-0.1, -0.05) is 24.3 Å². The zero-order chi connectivity index (χ0) is 26.2. The highest BCUT2D eigenvalue weighted by Gasteiger charge is 2.25. The van der Waals surface area contributed by atoms with E-state index in [-0.39, 0.29) is 18.5 Å². The van der Waals surface area contributed by atoms with E-state index in [1.165, 1.54) is 18.2 Å². The molecule has 0 spiro atoms. The van der Waals surface area contributed by atoms with Gasteiger partial charge >= 0.3 is 11.4 Å². The number of rotatable bonds is 10. The lowest BCUT2D eigenvalue weighted by Gasteiger charge is -2.32. The Kier molecular flexibility index (Phi) is 8.39. The predicted molar refractivity (Wildman–Crippen MR) is 138 cm³/mol. The fraction of sp³-hybridized carbons (Fsp3) is 0.269. The number of likely N-dealkylation sites (tertiary alicyclic amines) is 1. The molecule has 11 nitrogen and oxygen atoms in total. The number of anilines is 1. The van der Waals surface area contributed by atoms with Crippen molar-refractivity contribution in [3.05, 3.63) is 98.6 Å². The van der Waals surface area contributed by atoms with Gasteiger partial charge in [0.2, 0.25) is 5.91 Å². The van der Waals surface area contributed by atoms with E-state index >= 15 is 0 Å². The Hall–Kier alpha value is -4.35. The number of nitro groups is 2. The molecule has 1 saturated heterocycles. The van der Waals surface area contributed by atoms with E-state index in [9.17, 15) is 25.0 Å². The quantitative estimate of drug-likeness (QED) is 0.303. The lowest BCUT2D eigenvalue weighted by atomic mass is 10.0. The number of hydrogen-bond donors (Lipinski definition) is 2. The average molecular weight is 506 g/mol. The van der Waals surface area contributed by atoms with Crippen LogP contribution in [0.4, 0.5) is 17.1 Å². The third-order valence-electron chi connectivity index (χ3n) is 6.10. The summed E-state index contributed by atoms with van der Waals surface area (Å²) in [7, 11) is 0. The smallest absolute Gasteiger partial charge is 0.346 e. The Bertz CT molecular complexity index is 1240. The van der Waals surface area contributed by atoms with E-state index < -0.39 is 21.2 Å². The molecule has 0 aromatic heterocycles. The fourth-order valence-electron chi connectivity index (χ4n) is 4.17. The number of carbonyl (C=O) groups is 1. The summed E-state index contributed by atoms with van der Waals surface area (Å²) >= 11 is 0. The maximum atomic E-state index is 12.5. The maximum absolute atomic E-state index is 12.5. The highest BCUT2D eigenvalue weighted by molar-refractivity contribution is 5.92. The maximum Gasteiger partial charge on any atom is 0.346 e. The van der Waals surface area contributed by atoms with E-state index in [1.54, 1.807) is 24.3 Å². The van der Waals surface area contributed by atoms with Crippen LogP contribution in [0, 0.1) is 20.2 Å². The second-order valence-electron chi connectivity index (χ2n) is 8.76.